The third-order valence-corrected chi connectivity index (χ3v) is 3.75. The van der Waals surface area contributed by atoms with Crippen LogP contribution < -0.4 is 0 Å². The van der Waals surface area contributed by atoms with Crippen molar-refractivity contribution in [1.82, 2.24) is 0 Å². The van der Waals surface area contributed by atoms with Crippen molar-refractivity contribution in [1.29, 1.82) is 0 Å². The maximum absolute atomic E-state index is 13.6. The first-order valence-corrected chi connectivity index (χ1v) is 7.18. The molecule has 0 aromatic heterocycles. The van der Waals surface area contributed by atoms with E-state index in [1.54, 1.807) is 54.6 Å². The van der Waals surface area contributed by atoms with Gasteiger partial charge in [0.2, 0.25) is 0 Å². The van der Waals surface area contributed by atoms with E-state index in [1.807, 2.05) is 0 Å². The molecule has 3 nitrogen and oxygen atoms in total. The average Bonchev–Trinajstić information content (AvgIpc) is 2.52. The standard InChI is InChI=1S/C18H13F3O3/c19-18(20,21)17(24-10-15(22)23)16-13-7-3-1-5-11(13)9-12-6-2-4-8-14(12)16/h1-9,17H,10H2,(H,22,23). The van der Waals surface area contributed by atoms with Crippen LogP contribution in [0.15, 0.2) is 54.6 Å². The van der Waals surface area contributed by atoms with E-state index in [2.05, 4.69) is 0 Å². The Bertz CT molecular complexity index is 849. The van der Waals surface area contributed by atoms with Crippen molar-refractivity contribution < 1.29 is 27.8 Å². The summed E-state index contributed by atoms with van der Waals surface area (Å²) in [5.74, 6) is -1.45. The number of hydrogen-bond acceptors (Lipinski definition) is 2. The summed E-state index contributed by atoms with van der Waals surface area (Å²) in [7, 11) is 0. The lowest BCUT2D eigenvalue weighted by Gasteiger charge is -2.23. The zero-order valence-electron chi connectivity index (χ0n) is 12.4. The quantitative estimate of drug-likeness (QED) is 0.704. The number of halogens is 3. The molecular weight excluding hydrogens is 321 g/mol. The minimum atomic E-state index is -4.73. The summed E-state index contributed by atoms with van der Waals surface area (Å²) in [5.41, 5.74) is -0.0579. The maximum Gasteiger partial charge on any atom is 0.418 e. The zero-order valence-corrected chi connectivity index (χ0v) is 12.4. The predicted octanol–water partition coefficient (Wildman–Crippen LogP) is 4.70. The molecule has 0 saturated carbocycles. The molecule has 0 saturated heterocycles. The van der Waals surface area contributed by atoms with Crippen LogP contribution in [0.5, 0.6) is 0 Å². The molecule has 0 aliphatic carbocycles. The summed E-state index contributed by atoms with van der Waals surface area (Å²) in [4.78, 5) is 10.7. The number of fused-ring (bicyclic) bond motifs is 2. The van der Waals surface area contributed by atoms with E-state index < -0.39 is 24.9 Å². The number of benzene rings is 3. The molecule has 0 fully saturated rings. The van der Waals surface area contributed by atoms with E-state index >= 15 is 0 Å². The summed E-state index contributed by atoms with van der Waals surface area (Å²) in [6, 6.07) is 15.2. The Morgan fingerprint density at radius 2 is 1.50 bits per heavy atom. The summed E-state index contributed by atoms with van der Waals surface area (Å²) in [6.07, 6.45) is -7.05. The summed E-state index contributed by atoms with van der Waals surface area (Å²) in [6.45, 7) is -1.03. The lowest BCUT2D eigenvalue weighted by atomic mass is 9.93. The van der Waals surface area contributed by atoms with Crippen LogP contribution >= 0.6 is 0 Å². The fourth-order valence-electron chi connectivity index (χ4n) is 2.83. The molecule has 0 spiro atoms. The molecule has 0 bridgehead atoms. The lowest BCUT2D eigenvalue weighted by Crippen LogP contribution is -2.26. The van der Waals surface area contributed by atoms with Gasteiger partial charge in [-0.3, -0.25) is 0 Å². The van der Waals surface area contributed by atoms with Crippen LogP contribution in [0.25, 0.3) is 21.5 Å². The molecular formula is C18H13F3O3. The molecule has 1 unspecified atom stereocenters. The number of ether oxygens (including phenoxy) is 1. The van der Waals surface area contributed by atoms with Gasteiger partial charge in [0.05, 0.1) is 0 Å². The van der Waals surface area contributed by atoms with Crippen molar-refractivity contribution in [2.24, 2.45) is 0 Å². The first-order chi connectivity index (χ1) is 11.4. The van der Waals surface area contributed by atoms with E-state index in [0.717, 1.165) is 0 Å². The molecule has 0 aliphatic heterocycles. The molecule has 3 aromatic carbocycles. The molecule has 0 amide bonds. The zero-order chi connectivity index (χ0) is 17.3. The van der Waals surface area contributed by atoms with Gasteiger partial charge in [-0.1, -0.05) is 48.5 Å². The normalized spacial score (nSPS) is 13.3. The minimum absolute atomic E-state index is 0.0579. The first-order valence-electron chi connectivity index (χ1n) is 7.18. The topological polar surface area (TPSA) is 46.5 Å². The van der Waals surface area contributed by atoms with E-state index in [4.69, 9.17) is 9.84 Å². The number of carbonyl (C=O) groups is 1. The fourth-order valence-corrected chi connectivity index (χ4v) is 2.83. The monoisotopic (exact) mass is 334 g/mol. The fraction of sp³-hybridized carbons (Fsp3) is 0.167. The van der Waals surface area contributed by atoms with Gasteiger partial charge in [0.25, 0.3) is 0 Å². The van der Waals surface area contributed by atoms with Crippen LogP contribution in [0.1, 0.15) is 11.7 Å². The first kappa shape index (κ1) is 16.3. The van der Waals surface area contributed by atoms with Crippen LogP contribution in [-0.2, 0) is 9.53 Å². The highest BCUT2D eigenvalue weighted by Crippen LogP contribution is 2.42. The maximum atomic E-state index is 13.6. The molecule has 24 heavy (non-hydrogen) atoms. The lowest BCUT2D eigenvalue weighted by molar-refractivity contribution is -0.224. The van der Waals surface area contributed by atoms with E-state index in [9.17, 15) is 18.0 Å². The van der Waals surface area contributed by atoms with Crippen LogP contribution in [0.2, 0.25) is 0 Å². The van der Waals surface area contributed by atoms with Gasteiger partial charge in [0.1, 0.15) is 6.61 Å². The van der Waals surface area contributed by atoms with Crippen molar-refractivity contribution in [3.8, 4) is 0 Å². The molecule has 0 radical (unpaired) electrons. The summed E-state index contributed by atoms with van der Waals surface area (Å²) < 4.78 is 45.5. The Morgan fingerprint density at radius 3 is 1.96 bits per heavy atom. The Morgan fingerprint density at radius 1 is 1.00 bits per heavy atom. The average molecular weight is 334 g/mol. The molecule has 0 heterocycles. The minimum Gasteiger partial charge on any atom is -0.480 e. The Hall–Kier alpha value is -2.60. The number of carboxylic acids is 1. The van der Waals surface area contributed by atoms with Crippen molar-refractivity contribution in [2.75, 3.05) is 6.61 Å². The molecule has 6 heteroatoms. The number of carboxylic acid groups (broad SMARTS) is 1. The van der Waals surface area contributed by atoms with Gasteiger partial charge in [-0.15, -0.1) is 0 Å². The van der Waals surface area contributed by atoms with Crippen molar-refractivity contribution >= 4 is 27.5 Å². The molecule has 3 aromatic rings. The molecule has 0 aliphatic rings. The van der Waals surface area contributed by atoms with Gasteiger partial charge in [-0.2, -0.15) is 13.2 Å². The van der Waals surface area contributed by atoms with Gasteiger partial charge in [-0.25, -0.2) is 4.79 Å². The van der Waals surface area contributed by atoms with Gasteiger partial charge >= 0.3 is 12.1 Å². The number of aliphatic carboxylic acids is 1. The van der Waals surface area contributed by atoms with Crippen LogP contribution in [0.4, 0.5) is 13.2 Å². The third kappa shape index (κ3) is 3.05. The van der Waals surface area contributed by atoms with Crippen LogP contribution in [0, 0.1) is 0 Å². The SMILES string of the molecule is O=C(O)COC(c1c2ccccc2cc2ccccc12)C(F)(F)F. The number of alkyl halides is 3. The second-order valence-electron chi connectivity index (χ2n) is 5.36. The van der Waals surface area contributed by atoms with Crippen molar-refractivity contribution in [3.63, 3.8) is 0 Å². The van der Waals surface area contributed by atoms with Crippen LogP contribution in [0.3, 0.4) is 0 Å². The van der Waals surface area contributed by atoms with E-state index in [-0.39, 0.29) is 5.56 Å². The summed E-state index contributed by atoms with van der Waals surface area (Å²) in [5, 5.41) is 10.8. The van der Waals surface area contributed by atoms with Crippen LogP contribution in [-0.4, -0.2) is 23.9 Å². The van der Waals surface area contributed by atoms with Crippen molar-refractivity contribution in [3.05, 3.63) is 60.2 Å². The third-order valence-electron chi connectivity index (χ3n) is 3.75. The largest absolute Gasteiger partial charge is 0.480 e. The molecule has 124 valence electrons. The van der Waals surface area contributed by atoms with Gasteiger partial charge in [0, 0.05) is 5.56 Å². The highest BCUT2D eigenvalue weighted by atomic mass is 19.4. The highest BCUT2D eigenvalue weighted by molar-refractivity contribution is 6.02. The van der Waals surface area contributed by atoms with E-state index in [0.29, 0.717) is 21.5 Å². The van der Waals surface area contributed by atoms with E-state index in [1.165, 1.54) is 0 Å². The second kappa shape index (κ2) is 6.13. The molecule has 1 atom stereocenters. The number of hydrogen-bond donors (Lipinski definition) is 1. The summed E-state index contributed by atoms with van der Waals surface area (Å²) >= 11 is 0. The number of rotatable bonds is 4. The van der Waals surface area contributed by atoms with Gasteiger partial charge < -0.3 is 9.84 Å². The molecule has 3 rings (SSSR count). The smallest absolute Gasteiger partial charge is 0.418 e. The highest BCUT2D eigenvalue weighted by Gasteiger charge is 2.43. The Kier molecular flexibility index (Phi) is 4.15. The predicted molar refractivity (Wildman–Crippen MR) is 83.8 cm³/mol. The second-order valence-corrected chi connectivity index (χ2v) is 5.36. The van der Waals surface area contributed by atoms with Gasteiger partial charge in [-0.05, 0) is 27.6 Å². The Balaban J connectivity index is 2.31. The Labute approximate surface area is 135 Å². The van der Waals surface area contributed by atoms with Gasteiger partial charge in [0.15, 0.2) is 6.10 Å². The molecule has 1 N–H and O–H groups in total. The van der Waals surface area contributed by atoms with Crippen molar-refractivity contribution in [2.45, 2.75) is 12.3 Å².